The van der Waals surface area contributed by atoms with Crippen LogP contribution in [0.1, 0.15) is 29.7 Å². The first-order valence-electron chi connectivity index (χ1n) is 7.22. The highest BCUT2D eigenvalue weighted by Crippen LogP contribution is 2.22. The van der Waals surface area contributed by atoms with Gasteiger partial charge in [0.15, 0.2) is 0 Å². The van der Waals surface area contributed by atoms with Crippen LogP contribution >= 0.6 is 0 Å². The molecule has 0 radical (unpaired) electrons. The van der Waals surface area contributed by atoms with Crippen molar-refractivity contribution in [2.75, 3.05) is 0 Å². The average molecular weight is 292 g/mol. The monoisotopic (exact) mass is 292 g/mol. The first-order valence-corrected chi connectivity index (χ1v) is 7.22. The summed E-state index contributed by atoms with van der Waals surface area (Å²) in [5.74, 6) is -0.386. The maximum atomic E-state index is 11.8. The van der Waals surface area contributed by atoms with Crippen molar-refractivity contribution in [2.45, 2.75) is 20.0 Å². The molecule has 0 aliphatic heterocycles. The molecule has 22 heavy (non-hydrogen) atoms. The zero-order valence-corrected chi connectivity index (χ0v) is 13.0. The van der Waals surface area contributed by atoms with Crippen molar-refractivity contribution >= 4 is 12.0 Å². The molecular formula is C20H20O2. The quantitative estimate of drug-likeness (QED) is 0.580. The Morgan fingerprint density at radius 3 is 2.32 bits per heavy atom. The van der Waals surface area contributed by atoms with E-state index in [-0.39, 0.29) is 5.97 Å². The molecule has 112 valence electrons. The first kappa shape index (κ1) is 15.8. The molecule has 2 heteroatoms. The number of esters is 1. The van der Waals surface area contributed by atoms with E-state index >= 15 is 0 Å². The molecule has 0 fully saturated rings. The molecule has 0 amide bonds. The van der Waals surface area contributed by atoms with Gasteiger partial charge in [0, 0.05) is 5.57 Å². The predicted molar refractivity (Wildman–Crippen MR) is 90.3 cm³/mol. The van der Waals surface area contributed by atoms with Crippen molar-refractivity contribution in [1.29, 1.82) is 0 Å². The maximum absolute atomic E-state index is 11.8. The van der Waals surface area contributed by atoms with Crippen molar-refractivity contribution in [1.82, 2.24) is 0 Å². The summed E-state index contributed by atoms with van der Waals surface area (Å²) in [4.78, 5) is 11.8. The Labute approximate surface area is 131 Å². The van der Waals surface area contributed by atoms with E-state index in [2.05, 4.69) is 6.58 Å². The SMILES string of the molecule is C=C(C)C(=O)OC(/C=C/c1ccccc1)c1ccc(C)cc1. The van der Waals surface area contributed by atoms with Crippen LogP contribution in [-0.2, 0) is 9.53 Å². The fraction of sp³-hybridized carbons (Fsp3) is 0.150. The lowest BCUT2D eigenvalue weighted by atomic mass is 10.1. The van der Waals surface area contributed by atoms with Crippen molar-refractivity contribution in [2.24, 2.45) is 0 Å². The third-order valence-electron chi connectivity index (χ3n) is 3.25. The molecule has 2 rings (SSSR count). The smallest absolute Gasteiger partial charge is 0.334 e. The highest BCUT2D eigenvalue weighted by atomic mass is 16.5. The highest BCUT2D eigenvalue weighted by Gasteiger charge is 2.14. The van der Waals surface area contributed by atoms with Gasteiger partial charge >= 0.3 is 5.97 Å². The number of carbonyl (C=O) groups is 1. The van der Waals surface area contributed by atoms with Crippen molar-refractivity contribution < 1.29 is 9.53 Å². The van der Waals surface area contributed by atoms with Crippen LogP contribution < -0.4 is 0 Å². The fourth-order valence-electron chi connectivity index (χ4n) is 1.95. The average Bonchev–Trinajstić information content (AvgIpc) is 2.53. The lowest BCUT2D eigenvalue weighted by Gasteiger charge is -2.15. The summed E-state index contributed by atoms with van der Waals surface area (Å²) in [5, 5.41) is 0. The minimum atomic E-state index is -0.426. The molecule has 2 aromatic rings. The van der Waals surface area contributed by atoms with E-state index in [9.17, 15) is 4.79 Å². The van der Waals surface area contributed by atoms with Crippen LogP contribution in [-0.4, -0.2) is 5.97 Å². The Hall–Kier alpha value is -2.61. The van der Waals surface area contributed by atoms with Crippen LogP contribution in [0.25, 0.3) is 6.08 Å². The number of ether oxygens (including phenoxy) is 1. The Bertz CT molecular complexity index is 667. The first-order chi connectivity index (χ1) is 10.6. The Kier molecular flexibility index (Phi) is 5.31. The van der Waals surface area contributed by atoms with E-state index in [1.165, 1.54) is 5.56 Å². The third-order valence-corrected chi connectivity index (χ3v) is 3.25. The normalized spacial score (nSPS) is 12.1. The van der Waals surface area contributed by atoms with Gasteiger partial charge in [-0.25, -0.2) is 4.79 Å². The van der Waals surface area contributed by atoms with Crippen LogP contribution in [0.2, 0.25) is 0 Å². The molecule has 0 saturated carbocycles. The summed E-state index contributed by atoms with van der Waals surface area (Å²) in [5.41, 5.74) is 3.56. The molecule has 0 aromatic heterocycles. The minimum Gasteiger partial charge on any atom is -0.450 e. The topological polar surface area (TPSA) is 26.3 Å². The van der Waals surface area contributed by atoms with Crippen molar-refractivity contribution in [3.8, 4) is 0 Å². The van der Waals surface area contributed by atoms with Crippen LogP contribution in [0.5, 0.6) is 0 Å². The van der Waals surface area contributed by atoms with Crippen LogP contribution in [0, 0.1) is 6.92 Å². The minimum absolute atomic E-state index is 0.386. The van der Waals surface area contributed by atoms with E-state index < -0.39 is 6.10 Å². The lowest BCUT2D eigenvalue weighted by Crippen LogP contribution is -2.10. The van der Waals surface area contributed by atoms with Gasteiger partial charge in [0.1, 0.15) is 6.10 Å². The standard InChI is InChI=1S/C20H20O2/c1-15(2)20(21)22-19(18-12-9-16(3)10-13-18)14-11-17-7-5-4-6-8-17/h4-14,19H,1H2,2-3H3/b14-11+. The number of carbonyl (C=O) groups excluding carboxylic acids is 1. The highest BCUT2D eigenvalue weighted by molar-refractivity contribution is 5.87. The van der Waals surface area contributed by atoms with Gasteiger partial charge in [-0.2, -0.15) is 0 Å². The van der Waals surface area contributed by atoms with Gasteiger partial charge in [-0.1, -0.05) is 72.8 Å². The predicted octanol–water partition coefficient (Wildman–Crippen LogP) is 4.87. The van der Waals surface area contributed by atoms with Gasteiger partial charge in [0.2, 0.25) is 0 Å². The largest absolute Gasteiger partial charge is 0.450 e. The van der Waals surface area contributed by atoms with Gasteiger partial charge in [0.05, 0.1) is 0 Å². The third kappa shape index (κ3) is 4.45. The summed E-state index contributed by atoms with van der Waals surface area (Å²) >= 11 is 0. The molecule has 0 spiro atoms. The number of hydrogen-bond donors (Lipinski definition) is 0. The van der Waals surface area contributed by atoms with Gasteiger partial charge < -0.3 is 4.74 Å². The Morgan fingerprint density at radius 1 is 1.09 bits per heavy atom. The van der Waals surface area contributed by atoms with Crippen LogP contribution in [0.3, 0.4) is 0 Å². The van der Waals surface area contributed by atoms with E-state index in [4.69, 9.17) is 4.74 Å². The molecule has 2 nitrogen and oxygen atoms in total. The van der Waals surface area contributed by atoms with E-state index in [0.29, 0.717) is 5.57 Å². The van der Waals surface area contributed by atoms with Crippen molar-refractivity contribution in [3.05, 3.63) is 89.5 Å². The Balaban J connectivity index is 2.25. The molecule has 1 atom stereocenters. The molecule has 2 aromatic carbocycles. The molecule has 0 aliphatic carbocycles. The number of hydrogen-bond acceptors (Lipinski definition) is 2. The summed E-state index contributed by atoms with van der Waals surface area (Å²) in [6.45, 7) is 7.31. The van der Waals surface area contributed by atoms with Gasteiger partial charge in [0.25, 0.3) is 0 Å². The van der Waals surface area contributed by atoms with Crippen LogP contribution in [0.15, 0.2) is 72.8 Å². The number of rotatable bonds is 5. The number of aryl methyl sites for hydroxylation is 1. The van der Waals surface area contributed by atoms with E-state index in [1.807, 2.05) is 73.7 Å². The van der Waals surface area contributed by atoms with Gasteiger partial charge in [-0.05, 0) is 31.1 Å². The van der Waals surface area contributed by atoms with Crippen LogP contribution in [0.4, 0.5) is 0 Å². The zero-order valence-electron chi connectivity index (χ0n) is 13.0. The summed E-state index contributed by atoms with van der Waals surface area (Å²) < 4.78 is 5.53. The molecule has 0 heterocycles. The van der Waals surface area contributed by atoms with Crippen molar-refractivity contribution in [3.63, 3.8) is 0 Å². The fourth-order valence-corrected chi connectivity index (χ4v) is 1.95. The maximum Gasteiger partial charge on any atom is 0.334 e. The second-order valence-corrected chi connectivity index (χ2v) is 5.29. The zero-order chi connectivity index (χ0) is 15.9. The summed E-state index contributed by atoms with van der Waals surface area (Å²) in [7, 11) is 0. The molecular weight excluding hydrogens is 272 g/mol. The molecule has 1 unspecified atom stereocenters. The Morgan fingerprint density at radius 2 is 1.73 bits per heavy atom. The van der Waals surface area contributed by atoms with E-state index in [0.717, 1.165) is 11.1 Å². The molecule has 0 N–H and O–H groups in total. The van der Waals surface area contributed by atoms with Gasteiger partial charge in [-0.3, -0.25) is 0 Å². The summed E-state index contributed by atoms with van der Waals surface area (Å²) in [6.07, 6.45) is 3.42. The van der Waals surface area contributed by atoms with E-state index in [1.54, 1.807) is 6.92 Å². The second kappa shape index (κ2) is 7.41. The molecule has 0 saturated heterocycles. The summed E-state index contributed by atoms with van der Waals surface area (Å²) in [6, 6.07) is 17.9. The molecule has 0 bridgehead atoms. The second-order valence-electron chi connectivity index (χ2n) is 5.29. The lowest BCUT2D eigenvalue weighted by molar-refractivity contribution is -0.142. The number of benzene rings is 2. The molecule has 0 aliphatic rings. The van der Waals surface area contributed by atoms with Gasteiger partial charge in [-0.15, -0.1) is 0 Å².